The Morgan fingerprint density at radius 1 is 1.32 bits per heavy atom. The van der Waals surface area contributed by atoms with Gasteiger partial charge in [-0.15, -0.1) is 0 Å². The predicted octanol–water partition coefficient (Wildman–Crippen LogP) is 1.67. The SMILES string of the molecule is CC(C)N(C)CCNC(=O)NCC(C)(O)c1ccc(F)cc1. The molecule has 0 aliphatic heterocycles. The fourth-order valence-corrected chi connectivity index (χ4v) is 1.83. The van der Waals surface area contributed by atoms with Crippen LogP contribution in [0.4, 0.5) is 9.18 Å². The summed E-state index contributed by atoms with van der Waals surface area (Å²) < 4.78 is 12.9. The lowest BCUT2D eigenvalue weighted by atomic mass is 9.96. The molecule has 1 aromatic carbocycles. The van der Waals surface area contributed by atoms with Crippen LogP contribution in [0.1, 0.15) is 26.3 Å². The van der Waals surface area contributed by atoms with E-state index in [1.54, 1.807) is 6.92 Å². The molecule has 0 aliphatic rings. The summed E-state index contributed by atoms with van der Waals surface area (Å²) in [5, 5.41) is 15.7. The predicted molar refractivity (Wildman–Crippen MR) is 85.1 cm³/mol. The molecule has 5 nitrogen and oxygen atoms in total. The molecule has 0 saturated carbocycles. The van der Waals surface area contributed by atoms with Crippen molar-refractivity contribution in [1.29, 1.82) is 0 Å². The minimum atomic E-state index is -1.25. The van der Waals surface area contributed by atoms with Crippen molar-refractivity contribution in [3.05, 3.63) is 35.6 Å². The Balaban J connectivity index is 2.38. The molecular weight excluding hydrogens is 285 g/mol. The Labute approximate surface area is 131 Å². The Hall–Kier alpha value is -1.66. The summed E-state index contributed by atoms with van der Waals surface area (Å²) in [6, 6.07) is 5.67. The summed E-state index contributed by atoms with van der Waals surface area (Å²) in [5.74, 6) is -0.362. The van der Waals surface area contributed by atoms with Crippen LogP contribution in [0, 0.1) is 5.82 Å². The first kappa shape index (κ1) is 18.4. The van der Waals surface area contributed by atoms with Crippen molar-refractivity contribution in [3.63, 3.8) is 0 Å². The van der Waals surface area contributed by atoms with Crippen LogP contribution in [0.25, 0.3) is 0 Å². The average molecular weight is 311 g/mol. The number of nitrogens with zero attached hydrogens (tertiary/aromatic N) is 1. The van der Waals surface area contributed by atoms with Gasteiger partial charge in [0.1, 0.15) is 11.4 Å². The quantitative estimate of drug-likeness (QED) is 0.718. The number of hydrogen-bond donors (Lipinski definition) is 3. The summed E-state index contributed by atoms with van der Waals surface area (Å²) >= 11 is 0. The number of halogens is 1. The van der Waals surface area contributed by atoms with Crippen LogP contribution in [-0.2, 0) is 5.60 Å². The van der Waals surface area contributed by atoms with Crippen molar-refractivity contribution in [2.45, 2.75) is 32.4 Å². The molecule has 1 unspecified atom stereocenters. The van der Waals surface area contributed by atoms with E-state index in [-0.39, 0.29) is 18.4 Å². The standard InChI is InChI=1S/C16H26FN3O2/c1-12(2)20(4)10-9-18-15(21)19-11-16(3,22)13-5-7-14(17)8-6-13/h5-8,12,22H,9-11H2,1-4H3,(H2,18,19,21). The second-order valence-electron chi connectivity index (χ2n) is 5.96. The van der Waals surface area contributed by atoms with Gasteiger partial charge >= 0.3 is 6.03 Å². The number of carbonyl (C=O) groups is 1. The third kappa shape index (κ3) is 5.99. The number of likely N-dealkylation sites (N-methyl/N-ethyl adjacent to an activating group) is 1. The fraction of sp³-hybridized carbons (Fsp3) is 0.562. The van der Waals surface area contributed by atoms with Crippen molar-refractivity contribution >= 4 is 6.03 Å². The van der Waals surface area contributed by atoms with Gasteiger partial charge in [0.05, 0.1) is 6.54 Å². The largest absolute Gasteiger partial charge is 0.384 e. The summed E-state index contributed by atoms with van der Waals surface area (Å²) in [6.45, 7) is 7.07. The smallest absolute Gasteiger partial charge is 0.314 e. The normalized spacial score (nSPS) is 14.0. The highest BCUT2D eigenvalue weighted by molar-refractivity contribution is 5.73. The molecule has 0 fully saturated rings. The van der Waals surface area contributed by atoms with E-state index in [4.69, 9.17) is 0 Å². The van der Waals surface area contributed by atoms with Crippen LogP contribution < -0.4 is 10.6 Å². The lowest BCUT2D eigenvalue weighted by Crippen LogP contribution is -2.45. The number of urea groups is 1. The molecular formula is C16H26FN3O2. The molecule has 0 heterocycles. The van der Waals surface area contributed by atoms with E-state index in [9.17, 15) is 14.3 Å². The van der Waals surface area contributed by atoms with E-state index in [0.29, 0.717) is 18.2 Å². The summed E-state index contributed by atoms with van der Waals surface area (Å²) in [4.78, 5) is 13.8. The molecule has 22 heavy (non-hydrogen) atoms. The Kier molecular flexibility index (Phi) is 6.77. The van der Waals surface area contributed by atoms with E-state index in [1.165, 1.54) is 24.3 Å². The number of carbonyl (C=O) groups excluding carboxylic acids is 1. The van der Waals surface area contributed by atoms with Gasteiger partial charge in [-0.25, -0.2) is 9.18 Å². The van der Waals surface area contributed by atoms with Gasteiger partial charge in [0.25, 0.3) is 0 Å². The number of rotatable bonds is 7. The molecule has 124 valence electrons. The van der Waals surface area contributed by atoms with Gasteiger partial charge in [-0.1, -0.05) is 12.1 Å². The van der Waals surface area contributed by atoms with Crippen molar-refractivity contribution < 1.29 is 14.3 Å². The van der Waals surface area contributed by atoms with Crippen LogP contribution in [0.2, 0.25) is 0 Å². The Morgan fingerprint density at radius 2 is 1.91 bits per heavy atom. The number of hydrogen-bond acceptors (Lipinski definition) is 3. The molecule has 0 saturated heterocycles. The van der Waals surface area contributed by atoms with Crippen LogP contribution in [-0.4, -0.2) is 48.8 Å². The molecule has 2 amide bonds. The zero-order valence-electron chi connectivity index (χ0n) is 13.7. The molecule has 0 aliphatic carbocycles. The number of nitrogens with one attached hydrogen (secondary N) is 2. The third-order valence-corrected chi connectivity index (χ3v) is 3.69. The molecule has 0 radical (unpaired) electrons. The maximum absolute atomic E-state index is 12.9. The maximum atomic E-state index is 12.9. The molecule has 0 bridgehead atoms. The highest BCUT2D eigenvalue weighted by Gasteiger charge is 2.23. The second-order valence-corrected chi connectivity index (χ2v) is 5.96. The lowest BCUT2D eigenvalue weighted by molar-refractivity contribution is 0.0593. The zero-order valence-corrected chi connectivity index (χ0v) is 13.7. The second kappa shape index (κ2) is 8.10. The average Bonchev–Trinajstić information content (AvgIpc) is 2.45. The van der Waals surface area contributed by atoms with Gasteiger partial charge in [-0.05, 0) is 45.5 Å². The zero-order chi connectivity index (χ0) is 16.8. The summed E-state index contributed by atoms with van der Waals surface area (Å²) in [5.41, 5.74) is -0.700. The fourth-order valence-electron chi connectivity index (χ4n) is 1.83. The van der Waals surface area contributed by atoms with E-state index in [2.05, 4.69) is 29.4 Å². The van der Waals surface area contributed by atoms with Crippen LogP contribution >= 0.6 is 0 Å². The number of amides is 2. The highest BCUT2D eigenvalue weighted by Crippen LogP contribution is 2.19. The molecule has 0 aromatic heterocycles. The van der Waals surface area contributed by atoms with Gasteiger partial charge in [0.15, 0.2) is 0 Å². The van der Waals surface area contributed by atoms with Crippen molar-refractivity contribution in [3.8, 4) is 0 Å². The van der Waals surface area contributed by atoms with E-state index >= 15 is 0 Å². The van der Waals surface area contributed by atoms with Crippen LogP contribution in [0.3, 0.4) is 0 Å². The molecule has 0 spiro atoms. The molecule has 3 N–H and O–H groups in total. The monoisotopic (exact) mass is 311 g/mol. The Morgan fingerprint density at radius 3 is 2.45 bits per heavy atom. The first-order valence-electron chi connectivity index (χ1n) is 7.43. The van der Waals surface area contributed by atoms with Gasteiger partial charge in [-0.3, -0.25) is 0 Å². The minimum Gasteiger partial charge on any atom is -0.384 e. The highest BCUT2D eigenvalue weighted by atomic mass is 19.1. The van der Waals surface area contributed by atoms with Gasteiger partial charge in [0, 0.05) is 19.1 Å². The summed E-state index contributed by atoms with van der Waals surface area (Å²) in [6.07, 6.45) is 0. The van der Waals surface area contributed by atoms with Gasteiger partial charge < -0.3 is 20.6 Å². The molecule has 6 heteroatoms. The van der Waals surface area contributed by atoms with Crippen molar-refractivity contribution in [2.24, 2.45) is 0 Å². The number of benzene rings is 1. The van der Waals surface area contributed by atoms with E-state index in [0.717, 1.165) is 6.54 Å². The van der Waals surface area contributed by atoms with Gasteiger partial charge in [0.2, 0.25) is 0 Å². The van der Waals surface area contributed by atoms with Crippen molar-refractivity contribution in [2.75, 3.05) is 26.7 Å². The first-order valence-corrected chi connectivity index (χ1v) is 7.43. The Bertz CT molecular complexity index is 475. The summed E-state index contributed by atoms with van der Waals surface area (Å²) in [7, 11) is 1.99. The topological polar surface area (TPSA) is 64.6 Å². The molecule has 1 aromatic rings. The number of aliphatic hydroxyl groups is 1. The molecule has 1 atom stereocenters. The van der Waals surface area contributed by atoms with Gasteiger partial charge in [-0.2, -0.15) is 0 Å². The first-order chi connectivity index (χ1) is 10.2. The molecule has 1 rings (SSSR count). The lowest BCUT2D eigenvalue weighted by Gasteiger charge is -2.25. The van der Waals surface area contributed by atoms with Crippen LogP contribution in [0.5, 0.6) is 0 Å². The minimum absolute atomic E-state index is 0.0461. The van der Waals surface area contributed by atoms with Crippen molar-refractivity contribution in [1.82, 2.24) is 15.5 Å². The van der Waals surface area contributed by atoms with E-state index < -0.39 is 5.60 Å². The van der Waals surface area contributed by atoms with Crippen LogP contribution in [0.15, 0.2) is 24.3 Å². The van der Waals surface area contributed by atoms with E-state index in [1.807, 2.05) is 7.05 Å². The third-order valence-electron chi connectivity index (χ3n) is 3.69. The maximum Gasteiger partial charge on any atom is 0.314 e.